The Balaban J connectivity index is 1.85. The molecule has 0 atom stereocenters. The van der Waals surface area contributed by atoms with Gasteiger partial charge in [-0.05, 0) is 18.1 Å². The SMILES string of the molecule is CC(C)c1nc(CC(=O)NC(C)(c2ccccc2)c2ccccc2)cs1. The summed E-state index contributed by atoms with van der Waals surface area (Å²) in [6.07, 6.45) is 0.290. The van der Waals surface area contributed by atoms with Crippen LogP contribution in [0, 0.1) is 0 Å². The third kappa shape index (κ3) is 4.02. The van der Waals surface area contributed by atoms with E-state index < -0.39 is 5.54 Å². The van der Waals surface area contributed by atoms with Gasteiger partial charge in [-0.15, -0.1) is 11.3 Å². The lowest BCUT2D eigenvalue weighted by molar-refractivity contribution is -0.121. The van der Waals surface area contributed by atoms with Crippen molar-refractivity contribution in [2.45, 2.75) is 38.6 Å². The van der Waals surface area contributed by atoms with Crippen LogP contribution in [0.15, 0.2) is 66.0 Å². The van der Waals surface area contributed by atoms with E-state index in [1.54, 1.807) is 11.3 Å². The first-order valence-corrected chi connectivity index (χ1v) is 9.73. The van der Waals surface area contributed by atoms with Gasteiger partial charge in [-0.1, -0.05) is 74.5 Å². The van der Waals surface area contributed by atoms with Crippen LogP contribution >= 0.6 is 11.3 Å². The lowest BCUT2D eigenvalue weighted by atomic mass is 9.84. The maximum absolute atomic E-state index is 12.8. The number of carbonyl (C=O) groups is 1. The quantitative estimate of drug-likeness (QED) is 0.677. The fourth-order valence-corrected chi connectivity index (χ4v) is 3.85. The molecular formula is C22H24N2OS. The third-order valence-electron chi connectivity index (χ3n) is 4.50. The Morgan fingerprint density at radius 1 is 1.04 bits per heavy atom. The normalized spacial score (nSPS) is 11.5. The third-order valence-corrected chi connectivity index (χ3v) is 5.69. The number of carbonyl (C=O) groups excluding carboxylic acids is 1. The Bertz CT molecular complexity index is 817. The van der Waals surface area contributed by atoms with Crippen molar-refractivity contribution in [3.05, 3.63) is 87.9 Å². The molecule has 1 amide bonds. The molecule has 1 N–H and O–H groups in total. The number of benzene rings is 2. The van der Waals surface area contributed by atoms with Crippen molar-refractivity contribution >= 4 is 17.2 Å². The van der Waals surface area contributed by atoms with E-state index in [1.807, 2.05) is 66.0 Å². The van der Waals surface area contributed by atoms with Crippen molar-refractivity contribution in [3.63, 3.8) is 0 Å². The first-order valence-electron chi connectivity index (χ1n) is 8.85. The van der Waals surface area contributed by atoms with E-state index in [0.717, 1.165) is 21.8 Å². The van der Waals surface area contributed by atoms with Crippen molar-refractivity contribution < 1.29 is 4.79 Å². The summed E-state index contributed by atoms with van der Waals surface area (Å²) in [6.45, 7) is 6.28. The van der Waals surface area contributed by atoms with Crippen LogP contribution in [0.2, 0.25) is 0 Å². The van der Waals surface area contributed by atoms with Gasteiger partial charge in [0.25, 0.3) is 0 Å². The highest BCUT2D eigenvalue weighted by Crippen LogP contribution is 2.29. The summed E-state index contributed by atoms with van der Waals surface area (Å²) in [5, 5.41) is 6.29. The minimum Gasteiger partial charge on any atom is -0.342 e. The molecule has 0 fully saturated rings. The molecule has 3 rings (SSSR count). The second-order valence-electron chi connectivity index (χ2n) is 6.91. The van der Waals surface area contributed by atoms with Crippen LogP contribution in [0.4, 0.5) is 0 Å². The summed E-state index contributed by atoms with van der Waals surface area (Å²) in [6, 6.07) is 20.2. The minimum atomic E-state index is -0.587. The van der Waals surface area contributed by atoms with Crippen LogP contribution in [0.1, 0.15) is 48.5 Å². The highest BCUT2D eigenvalue weighted by atomic mass is 32.1. The molecule has 1 heterocycles. The van der Waals surface area contributed by atoms with E-state index in [2.05, 4.69) is 31.1 Å². The summed E-state index contributed by atoms with van der Waals surface area (Å²) >= 11 is 1.62. The van der Waals surface area contributed by atoms with Gasteiger partial charge in [-0.2, -0.15) is 0 Å². The van der Waals surface area contributed by atoms with E-state index in [-0.39, 0.29) is 5.91 Å². The molecule has 0 spiro atoms. The van der Waals surface area contributed by atoms with Gasteiger partial charge in [0.05, 0.1) is 22.7 Å². The number of nitrogens with one attached hydrogen (secondary N) is 1. The van der Waals surface area contributed by atoms with Gasteiger partial charge in [0.1, 0.15) is 0 Å². The van der Waals surface area contributed by atoms with Gasteiger partial charge in [0.15, 0.2) is 0 Å². The van der Waals surface area contributed by atoms with Crippen LogP contribution in [-0.4, -0.2) is 10.9 Å². The van der Waals surface area contributed by atoms with E-state index in [0.29, 0.717) is 12.3 Å². The summed E-state index contributed by atoms with van der Waals surface area (Å²) in [5.41, 5.74) is 2.36. The molecule has 0 saturated carbocycles. The molecule has 0 unspecified atom stereocenters. The lowest BCUT2D eigenvalue weighted by Gasteiger charge is -2.32. The summed E-state index contributed by atoms with van der Waals surface area (Å²) < 4.78 is 0. The van der Waals surface area contributed by atoms with Crippen molar-refractivity contribution in [2.75, 3.05) is 0 Å². The van der Waals surface area contributed by atoms with Crippen LogP contribution in [0.25, 0.3) is 0 Å². The van der Waals surface area contributed by atoms with Gasteiger partial charge in [-0.3, -0.25) is 4.79 Å². The Labute approximate surface area is 159 Å². The number of amides is 1. The molecule has 3 aromatic rings. The van der Waals surface area contributed by atoms with Crippen LogP contribution < -0.4 is 5.32 Å². The second-order valence-corrected chi connectivity index (χ2v) is 7.80. The Morgan fingerprint density at radius 3 is 2.04 bits per heavy atom. The first kappa shape index (κ1) is 18.3. The van der Waals surface area contributed by atoms with Gasteiger partial charge >= 0.3 is 0 Å². The van der Waals surface area contributed by atoms with Crippen LogP contribution in [-0.2, 0) is 16.8 Å². The highest BCUT2D eigenvalue weighted by molar-refractivity contribution is 7.09. The van der Waals surface area contributed by atoms with E-state index in [4.69, 9.17) is 0 Å². The molecule has 0 aliphatic rings. The fourth-order valence-electron chi connectivity index (χ4n) is 3.01. The van der Waals surface area contributed by atoms with Crippen molar-refractivity contribution in [1.29, 1.82) is 0 Å². The molecule has 1 aromatic heterocycles. The minimum absolute atomic E-state index is 0.0270. The molecule has 0 aliphatic carbocycles. The Hall–Kier alpha value is -2.46. The van der Waals surface area contributed by atoms with Gasteiger partial charge in [-0.25, -0.2) is 4.98 Å². The predicted octanol–water partition coefficient (Wildman–Crippen LogP) is 4.89. The Kier molecular flexibility index (Phi) is 5.52. The maximum Gasteiger partial charge on any atom is 0.227 e. The highest BCUT2D eigenvalue weighted by Gasteiger charge is 2.30. The molecule has 0 aliphatic heterocycles. The average Bonchev–Trinajstić information content (AvgIpc) is 3.11. The van der Waals surface area contributed by atoms with Crippen molar-refractivity contribution in [1.82, 2.24) is 10.3 Å². The predicted molar refractivity (Wildman–Crippen MR) is 107 cm³/mol. The number of aromatic nitrogens is 1. The van der Waals surface area contributed by atoms with Gasteiger partial charge in [0, 0.05) is 11.3 Å². The smallest absolute Gasteiger partial charge is 0.227 e. The standard InChI is InChI=1S/C22H24N2OS/c1-16(2)21-23-19(15-26-21)14-20(25)24-22(3,17-10-6-4-7-11-17)18-12-8-5-9-13-18/h4-13,15-16H,14H2,1-3H3,(H,24,25). The largest absolute Gasteiger partial charge is 0.342 e. The number of nitrogens with zero attached hydrogens (tertiary/aromatic N) is 1. The number of hydrogen-bond acceptors (Lipinski definition) is 3. The first-order chi connectivity index (χ1) is 12.5. The fraction of sp³-hybridized carbons (Fsp3) is 0.273. The Morgan fingerprint density at radius 2 is 1.58 bits per heavy atom. The molecule has 0 saturated heterocycles. The average molecular weight is 365 g/mol. The zero-order chi connectivity index (χ0) is 18.6. The number of thiazole rings is 1. The molecule has 134 valence electrons. The maximum atomic E-state index is 12.8. The van der Waals surface area contributed by atoms with Gasteiger partial charge < -0.3 is 5.32 Å². The molecule has 26 heavy (non-hydrogen) atoms. The van der Waals surface area contributed by atoms with Crippen LogP contribution in [0.3, 0.4) is 0 Å². The second kappa shape index (κ2) is 7.83. The number of hydrogen-bond donors (Lipinski definition) is 1. The van der Waals surface area contributed by atoms with E-state index in [9.17, 15) is 4.79 Å². The molecular weight excluding hydrogens is 340 g/mol. The number of rotatable bonds is 6. The summed E-state index contributed by atoms with van der Waals surface area (Å²) in [7, 11) is 0. The molecule has 4 heteroatoms. The molecule has 3 nitrogen and oxygen atoms in total. The van der Waals surface area contributed by atoms with Crippen LogP contribution in [0.5, 0.6) is 0 Å². The topological polar surface area (TPSA) is 42.0 Å². The molecule has 0 bridgehead atoms. The van der Waals surface area contributed by atoms with Crippen molar-refractivity contribution in [2.24, 2.45) is 0 Å². The molecule has 2 aromatic carbocycles. The van der Waals surface area contributed by atoms with Gasteiger partial charge in [0.2, 0.25) is 5.91 Å². The lowest BCUT2D eigenvalue weighted by Crippen LogP contribution is -2.45. The zero-order valence-electron chi connectivity index (χ0n) is 15.4. The molecule has 0 radical (unpaired) electrons. The summed E-state index contributed by atoms with van der Waals surface area (Å²) in [4.78, 5) is 17.4. The monoisotopic (exact) mass is 364 g/mol. The summed E-state index contributed by atoms with van der Waals surface area (Å²) in [5.74, 6) is 0.358. The zero-order valence-corrected chi connectivity index (χ0v) is 16.2. The van der Waals surface area contributed by atoms with E-state index >= 15 is 0 Å². The van der Waals surface area contributed by atoms with Crippen molar-refractivity contribution in [3.8, 4) is 0 Å². The van der Waals surface area contributed by atoms with E-state index in [1.165, 1.54) is 0 Å².